The maximum absolute atomic E-state index is 16.1. The van der Waals surface area contributed by atoms with E-state index in [2.05, 4.69) is 9.47 Å². The van der Waals surface area contributed by atoms with Crippen molar-refractivity contribution in [1.82, 2.24) is 0 Å². The van der Waals surface area contributed by atoms with Gasteiger partial charge in [-0.1, -0.05) is 109 Å². The van der Waals surface area contributed by atoms with Gasteiger partial charge in [-0.2, -0.15) is 176 Å². The maximum atomic E-state index is 16.1. The van der Waals surface area contributed by atoms with Crippen LogP contribution in [0, 0.1) is 0 Å². The second kappa shape index (κ2) is 27.8. The third kappa shape index (κ3) is 13.4. The van der Waals surface area contributed by atoms with Gasteiger partial charge in [0.05, 0.1) is 11.4 Å². The number of rotatable bonds is 24. The zero-order chi connectivity index (χ0) is 84.4. The van der Waals surface area contributed by atoms with Crippen LogP contribution in [-0.4, -0.2) is 121 Å². The number of carbonyl (C=O) groups is 2. The second-order valence-corrected chi connectivity index (χ2v) is 23.3. The van der Waals surface area contributed by atoms with Crippen LogP contribution < -0.4 is 20.1 Å². The molecule has 0 heterocycles. The summed E-state index contributed by atoms with van der Waals surface area (Å²) in [4.78, 5) is 27.3. The van der Waals surface area contributed by atoms with Crippen LogP contribution in [0.15, 0.2) is 157 Å². The molecule has 6 aromatic carbocycles. The van der Waals surface area contributed by atoms with E-state index >= 15 is 61.5 Å². The Labute approximate surface area is 588 Å². The third-order valence-corrected chi connectivity index (χ3v) is 16.8. The molecule has 0 spiro atoms. The molecule has 2 aliphatic rings. The van der Waals surface area contributed by atoms with Gasteiger partial charge < -0.3 is 18.9 Å². The molecule has 0 radical (unpaired) electrons. The lowest BCUT2D eigenvalue weighted by Gasteiger charge is -2.41. The highest BCUT2D eigenvalue weighted by Gasteiger charge is 2.96. The quantitative estimate of drug-likeness (QED) is 0.0463. The molecule has 0 aromatic heterocycles. The van der Waals surface area contributed by atoms with Gasteiger partial charge in [-0.05, 0) is 79.9 Å². The van der Waals surface area contributed by atoms with Gasteiger partial charge in [0, 0.05) is 11.8 Å². The Bertz CT molecular complexity index is 4230. The smallest absolute Gasteiger partial charge is 0.448 e. The number of fused-ring (bicyclic) bond motifs is 6. The van der Waals surface area contributed by atoms with Crippen LogP contribution in [0.4, 0.5) is 197 Å². The van der Waals surface area contributed by atoms with Gasteiger partial charge in [-0.25, -0.2) is 9.59 Å². The Morgan fingerprint density at radius 3 is 0.775 bits per heavy atom. The zero-order valence-electron chi connectivity index (χ0n) is 52.3. The van der Waals surface area contributed by atoms with E-state index in [0.717, 1.165) is 10.6 Å². The molecule has 0 atom stereocenters. The first-order valence-corrected chi connectivity index (χ1v) is 29.0. The van der Waals surface area contributed by atoms with E-state index in [1.165, 1.54) is 97.1 Å². The number of hydrogen-bond acceptors (Lipinski definition) is 6. The molecule has 2 amide bonds. The summed E-state index contributed by atoms with van der Waals surface area (Å²) in [7, 11) is 0. The lowest BCUT2D eigenvalue weighted by Crippen LogP contribution is -2.72. The normalized spacial score (nSPS) is 15.6. The van der Waals surface area contributed by atoms with Crippen molar-refractivity contribution in [3.8, 4) is 33.8 Å². The van der Waals surface area contributed by atoms with E-state index in [4.69, 9.17) is 9.47 Å². The number of benzene rings is 6. The molecule has 608 valence electrons. The number of ether oxygens (including phenoxy) is 4. The molecular weight excluding hydrogens is 1640 g/mol. The summed E-state index contributed by atoms with van der Waals surface area (Å²) in [6.45, 7) is -2.24. The average molecular weight is 1670 g/mol. The molecule has 0 fully saturated rings. The molecule has 0 aliphatic heterocycles. The second-order valence-electron chi connectivity index (χ2n) is 23.3. The van der Waals surface area contributed by atoms with Gasteiger partial charge in [-0.15, -0.1) is 0 Å². The molecule has 0 unspecified atom stereocenters. The van der Waals surface area contributed by atoms with Crippen LogP contribution in [-0.2, 0) is 14.9 Å². The summed E-state index contributed by atoms with van der Waals surface area (Å²) < 4.78 is 598. The number of anilines is 2. The van der Waals surface area contributed by atoms with Crippen LogP contribution in [0.2, 0.25) is 0 Å². The number of allylic oxidation sites excluding steroid dienone is 2. The summed E-state index contributed by atoms with van der Waals surface area (Å²) in [5.41, 5.74) is -14.6. The molecule has 0 saturated heterocycles. The van der Waals surface area contributed by atoms with Crippen molar-refractivity contribution in [1.29, 1.82) is 0 Å². The minimum Gasteiger partial charge on any atom is -0.448 e. The highest BCUT2D eigenvalue weighted by Crippen LogP contribution is 2.67. The first-order valence-electron chi connectivity index (χ1n) is 29.0. The van der Waals surface area contributed by atoms with E-state index in [1.54, 1.807) is 0 Å². The van der Waals surface area contributed by atoms with E-state index in [9.17, 15) is 124 Å². The Morgan fingerprint density at radius 1 is 0.297 bits per heavy atom. The number of hydrogen-bond donors (Lipinski definition) is 2. The summed E-state index contributed by atoms with van der Waals surface area (Å²) in [6.07, 6.45) is -36.0. The van der Waals surface area contributed by atoms with E-state index < -0.39 is 233 Å². The lowest BCUT2D eigenvalue weighted by atomic mass is 9.72. The fraction of sp³-hybridized carbons (Fsp3) is 0.333. The van der Waals surface area contributed by atoms with Crippen molar-refractivity contribution in [2.75, 3.05) is 23.8 Å². The Morgan fingerprint density at radius 2 is 0.532 bits per heavy atom. The SMILES string of the molecule is O=C(Nc1cc(C(c2ccc(OC(F)=C(F)C(F)(F)C(F)(F)C(F)(F)C(F)(F)C(F)(F)C(F)(F)C(F)(F)F)c(NC(=O)OCC3c4ccccc4-c4ccccc43)c2)(C(F)(F)F)C(F)(F)F)ccc1OC(F)=C(F)C(F)(F)C(F)(F)C(F)(F)C(F)(F)C(F)(F)C(F)(F)C(F)(F)F)OCC1c2ccccc2-c2ccccc21. The fourth-order valence-corrected chi connectivity index (χ4v) is 11.1. The van der Waals surface area contributed by atoms with E-state index in [0.29, 0.717) is 22.3 Å². The predicted molar refractivity (Wildman–Crippen MR) is 294 cm³/mol. The van der Waals surface area contributed by atoms with Crippen LogP contribution in [0.1, 0.15) is 45.2 Å². The zero-order valence-corrected chi connectivity index (χ0v) is 52.3. The van der Waals surface area contributed by atoms with Gasteiger partial charge in [-0.3, -0.25) is 10.6 Å². The minimum atomic E-state index is -9.20. The molecule has 111 heavy (non-hydrogen) atoms. The van der Waals surface area contributed by atoms with Crippen molar-refractivity contribution >= 4 is 23.6 Å². The first kappa shape index (κ1) is 86.7. The van der Waals surface area contributed by atoms with E-state index in [1.807, 2.05) is 0 Å². The van der Waals surface area contributed by atoms with Crippen molar-refractivity contribution in [2.45, 2.75) is 113 Å². The number of nitrogens with one attached hydrogen (secondary N) is 2. The fourth-order valence-electron chi connectivity index (χ4n) is 11.1. The minimum absolute atomic E-state index is 0.200. The largest absolute Gasteiger partial charge is 0.460 e. The molecule has 48 heteroatoms. The van der Waals surface area contributed by atoms with Crippen LogP contribution in [0.3, 0.4) is 0 Å². The molecule has 0 saturated carbocycles. The Kier molecular flexibility index (Phi) is 21.7. The van der Waals surface area contributed by atoms with Gasteiger partial charge in [0.2, 0.25) is 17.1 Å². The monoisotopic (exact) mass is 1670 g/mol. The van der Waals surface area contributed by atoms with Gasteiger partial charge in [0.25, 0.3) is 0 Å². The van der Waals surface area contributed by atoms with Crippen molar-refractivity contribution < 1.29 is 204 Å². The molecule has 2 N–H and O–H groups in total. The average Bonchev–Trinajstić information content (AvgIpc) is 1.70. The highest BCUT2D eigenvalue weighted by molar-refractivity contribution is 5.89. The third-order valence-electron chi connectivity index (χ3n) is 16.8. The number of carbonyl (C=O) groups excluding carboxylic acids is 2. The molecule has 8 rings (SSSR count). The Hall–Kier alpha value is -9.86. The Balaban J connectivity index is 1.30. The summed E-state index contributed by atoms with van der Waals surface area (Å²) >= 11 is 0. The lowest BCUT2D eigenvalue weighted by molar-refractivity contribution is -0.451. The molecular formula is C63H30F40N2O6. The van der Waals surface area contributed by atoms with Crippen LogP contribution in [0.5, 0.6) is 11.5 Å². The summed E-state index contributed by atoms with van der Waals surface area (Å²) in [5, 5.41) is 2.22. The first-order chi connectivity index (χ1) is 50.2. The van der Waals surface area contributed by atoms with Crippen molar-refractivity contribution in [3.05, 3.63) is 191 Å². The molecule has 6 aromatic rings. The van der Waals surface area contributed by atoms with E-state index in [-0.39, 0.29) is 22.3 Å². The summed E-state index contributed by atoms with van der Waals surface area (Å²) in [6, 6.07) is 7.78. The van der Waals surface area contributed by atoms with Crippen LogP contribution in [0.25, 0.3) is 22.3 Å². The van der Waals surface area contributed by atoms with Crippen LogP contribution >= 0.6 is 0 Å². The maximum Gasteiger partial charge on any atom is 0.460 e. The number of alkyl halides is 36. The number of amides is 2. The van der Waals surface area contributed by atoms with Gasteiger partial charge >= 0.3 is 120 Å². The molecule has 8 nitrogen and oxygen atoms in total. The molecule has 2 aliphatic carbocycles. The number of halogens is 40. The van der Waals surface area contributed by atoms with Gasteiger partial charge in [0.1, 0.15) is 13.2 Å². The van der Waals surface area contributed by atoms with Gasteiger partial charge in [0.15, 0.2) is 11.5 Å². The predicted octanol–water partition coefficient (Wildman–Crippen LogP) is 23.5. The topological polar surface area (TPSA) is 95.1 Å². The van der Waals surface area contributed by atoms with Crippen molar-refractivity contribution in [3.63, 3.8) is 0 Å². The summed E-state index contributed by atoms with van der Waals surface area (Å²) in [5.74, 6) is -125. The van der Waals surface area contributed by atoms with Crippen molar-refractivity contribution in [2.24, 2.45) is 0 Å². The molecule has 0 bridgehead atoms. The highest BCUT2D eigenvalue weighted by atomic mass is 19.5. The standard InChI is InChI=1S/C63H30F40N2O6/c64-41(48(68,69)50(72,73)52(76,77)54(80,81)56(84,85)58(88,89)62(98,99)100)43(66)110-39-19-17-25(21-37(39)104-45(106)108-23-35-31-13-5-1-9-27(31)28-10-2-6-14-32(28)35)47(60(92,93)94,61(95,96)97)26-18-20-40(38(22-26)105-46(107)109-24-36-33-15-7-3-11-29(33)30-12-4-8-16-34(30)36)111-44(67)42(65)49(70,71)51(74,75)53(78,79)55(82,83)57(86,87)59(90,91)63(101,102)103/h1-22,35-36H,23-24H2,(H,104,106)(H,105,107).